The zero-order valence-electron chi connectivity index (χ0n) is 8.33. The third-order valence-corrected chi connectivity index (χ3v) is 1.85. The molecule has 3 N–H and O–H groups in total. The fraction of sp³-hybridized carbons (Fsp3) is 0.875. The fourth-order valence-electron chi connectivity index (χ4n) is 1.00. The van der Waals surface area contributed by atoms with E-state index in [1.807, 2.05) is 0 Å². The van der Waals surface area contributed by atoms with Crippen LogP contribution in [0.4, 0.5) is 0 Å². The number of rotatable bonds is 6. The van der Waals surface area contributed by atoms with Crippen LogP contribution in [0.3, 0.4) is 0 Å². The molecule has 13 heavy (non-hydrogen) atoms. The Balaban J connectivity index is 3.99. The summed E-state index contributed by atoms with van der Waals surface area (Å²) >= 11 is 0. The lowest BCUT2D eigenvalue weighted by molar-refractivity contribution is -0.126. The molecule has 0 heterocycles. The van der Waals surface area contributed by atoms with Gasteiger partial charge in [-0.1, -0.05) is 0 Å². The molecule has 0 fully saturated rings. The second-order valence-corrected chi connectivity index (χ2v) is 2.72. The highest BCUT2D eigenvalue weighted by Crippen LogP contribution is 1.96. The molecule has 78 valence electrons. The molecule has 0 aromatic rings. The van der Waals surface area contributed by atoms with Gasteiger partial charge < -0.3 is 20.5 Å². The number of carbonyl (C=O) groups excluding carboxylic acids is 1. The first-order chi connectivity index (χ1) is 6.17. The second-order valence-electron chi connectivity index (χ2n) is 2.72. The standard InChI is InChI=1S/C8H18N2O3/c1-6(13-3)7(9-2)8(12)10-4-5-11/h6-7,9,11H,4-5H2,1-3H3,(H,10,12). The van der Waals surface area contributed by atoms with Gasteiger partial charge in [0.1, 0.15) is 6.04 Å². The number of amides is 1. The molecule has 5 nitrogen and oxygen atoms in total. The maximum absolute atomic E-state index is 11.4. The van der Waals surface area contributed by atoms with Crippen molar-refractivity contribution in [3.63, 3.8) is 0 Å². The minimum absolute atomic E-state index is 0.0520. The summed E-state index contributed by atoms with van der Waals surface area (Å²) in [7, 11) is 3.24. The van der Waals surface area contributed by atoms with E-state index in [9.17, 15) is 4.79 Å². The summed E-state index contributed by atoms with van der Waals surface area (Å²) in [4.78, 5) is 11.4. The number of hydrogen-bond acceptors (Lipinski definition) is 4. The summed E-state index contributed by atoms with van der Waals surface area (Å²) in [6, 6.07) is -0.378. The SMILES string of the molecule is CNC(C(=O)NCCO)C(C)OC. The van der Waals surface area contributed by atoms with Gasteiger partial charge >= 0.3 is 0 Å². The number of aliphatic hydroxyl groups is 1. The summed E-state index contributed by atoms with van der Waals surface area (Å²) in [5.41, 5.74) is 0. The lowest BCUT2D eigenvalue weighted by Gasteiger charge is -2.21. The first-order valence-electron chi connectivity index (χ1n) is 4.26. The number of aliphatic hydroxyl groups excluding tert-OH is 1. The average molecular weight is 190 g/mol. The highest BCUT2D eigenvalue weighted by atomic mass is 16.5. The van der Waals surface area contributed by atoms with Crippen LogP contribution in [-0.2, 0) is 9.53 Å². The number of hydrogen-bond donors (Lipinski definition) is 3. The van der Waals surface area contributed by atoms with Crippen molar-refractivity contribution in [3.05, 3.63) is 0 Å². The Bertz CT molecular complexity index is 152. The molecule has 0 rings (SSSR count). The third-order valence-electron chi connectivity index (χ3n) is 1.85. The van der Waals surface area contributed by atoms with Crippen molar-refractivity contribution in [1.82, 2.24) is 10.6 Å². The van der Waals surface area contributed by atoms with Crippen LogP contribution < -0.4 is 10.6 Å². The predicted molar refractivity (Wildman–Crippen MR) is 49.4 cm³/mol. The van der Waals surface area contributed by atoms with Crippen molar-refractivity contribution >= 4 is 5.91 Å². The molecule has 0 aliphatic heterocycles. The molecular weight excluding hydrogens is 172 g/mol. The third kappa shape index (κ3) is 4.21. The van der Waals surface area contributed by atoms with Crippen molar-refractivity contribution in [3.8, 4) is 0 Å². The van der Waals surface area contributed by atoms with Gasteiger partial charge in [0.2, 0.25) is 5.91 Å². The molecule has 0 saturated heterocycles. The van der Waals surface area contributed by atoms with Crippen molar-refractivity contribution in [2.75, 3.05) is 27.3 Å². The van der Waals surface area contributed by atoms with E-state index in [1.165, 1.54) is 0 Å². The monoisotopic (exact) mass is 190 g/mol. The Labute approximate surface area is 78.5 Å². The molecule has 0 spiro atoms. The normalized spacial score (nSPS) is 15.1. The number of nitrogens with one attached hydrogen (secondary N) is 2. The lowest BCUT2D eigenvalue weighted by Crippen LogP contribution is -2.50. The second kappa shape index (κ2) is 6.82. The molecule has 0 aliphatic carbocycles. The number of carbonyl (C=O) groups is 1. The van der Waals surface area contributed by atoms with Crippen LogP contribution in [-0.4, -0.2) is 50.5 Å². The molecule has 1 amide bonds. The quantitative estimate of drug-likeness (QED) is 0.488. The molecule has 0 bridgehead atoms. The largest absolute Gasteiger partial charge is 0.395 e. The first kappa shape index (κ1) is 12.3. The van der Waals surface area contributed by atoms with Gasteiger partial charge in [-0.3, -0.25) is 4.79 Å². The molecule has 0 radical (unpaired) electrons. The highest BCUT2D eigenvalue weighted by molar-refractivity contribution is 5.82. The van der Waals surface area contributed by atoms with Crippen molar-refractivity contribution < 1.29 is 14.6 Å². The van der Waals surface area contributed by atoms with Crippen LogP contribution in [0, 0.1) is 0 Å². The van der Waals surface area contributed by atoms with Gasteiger partial charge in [0.25, 0.3) is 0 Å². The van der Waals surface area contributed by atoms with E-state index in [-0.39, 0.29) is 31.2 Å². The van der Waals surface area contributed by atoms with E-state index >= 15 is 0 Å². The molecule has 0 aromatic carbocycles. The van der Waals surface area contributed by atoms with E-state index in [0.29, 0.717) is 0 Å². The van der Waals surface area contributed by atoms with Crippen LogP contribution in [0.1, 0.15) is 6.92 Å². The fourth-order valence-corrected chi connectivity index (χ4v) is 1.00. The topological polar surface area (TPSA) is 70.6 Å². The maximum Gasteiger partial charge on any atom is 0.239 e. The number of methoxy groups -OCH3 is 1. The van der Waals surface area contributed by atoms with Gasteiger partial charge in [0.15, 0.2) is 0 Å². The highest BCUT2D eigenvalue weighted by Gasteiger charge is 2.22. The van der Waals surface area contributed by atoms with Gasteiger partial charge in [-0.2, -0.15) is 0 Å². The van der Waals surface area contributed by atoms with Gasteiger partial charge in [-0.15, -0.1) is 0 Å². The van der Waals surface area contributed by atoms with Gasteiger partial charge in [-0.05, 0) is 14.0 Å². The summed E-state index contributed by atoms with van der Waals surface area (Å²) in [6.07, 6.45) is -0.191. The van der Waals surface area contributed by atoms with Crippen LogP contribution in [0.15, 0.2) is 0 Å². The lowest BCUT2D eigenvalue weighted by atomic mass is 10.1. The van der Waals surface area contributed by atoms with Crippen molar-refractivity contribution in [1.29, 1.82) is 0 Å². The molecule has 0 aromatic heterocycles. The Kier molecular flexibility index (Phi) is 6.48. The summed E-state index contributed by atoms with van der Waals surface area (Å²) in [5.74, 6) is -0.161. The van der Waals surface area contributed by atoms with Crippen LogP contribution in [0.2, 0.25) is 0 Å². The minimum Gasteiger partial charge on any atom is -0.395 e. The smallest absolute Gasteiger partial charge is 0.239 e. The maximum atomic E-state index is 11.4. The average Bonchev–Trinajstić information content (AvgIpc) is 2.15. The Hall–Kier alpha value is -0.650. The van der Waals surface area contributed by atoms with E-state index in [1.54, 1.807) is 21.1 Å². The molecule has 2 unspecified atom stereocenters. The number of ether oxygens (including phenoxy) is 1. The predicted octanol–water partition coefficient (Wildman–Crippen LogP) is -1.28. The van der Waals surface area contributed by atoms with Gasteiger partial charge in [0, 0.05) is 13.7 Å². The van der Waals surface area contributed by atoms with E-state index in [2.05, 4.69) is 10.6 Å². The summed E-state index contributed by atoms with van der Waals surface area (Å²) < 4.78 is 5.02. The van der Waals surface area contributed by atoms with Crippen molar-refractivity contribution in [2.45, 2.75) is 19.1 Å². The Morgan fingerprint density at radius 1 is 1.62 bits per heavy atom. The molecule has 0 saturated carbocycles. The molecule has 2 atom stereocenters. The summed E-state index contributed by atoms with van der Waals surface area (Å²) in [6.45, 7) is 2.02. The van der Waals surface area contributed by atoms with E-state index in [0.717, 1.165) is 0 Å². The zero-order chi connectivity index (χ0) is 10.3. The van der Waals surface area contributed by atoms with Gasteiger partial charge in [0.05, 0.1) is 12.7 Å². The minimum atomic E-state index is -0.378. The molecule has 5 heteroatoms. The summed E-state index contributed by atoms with van der Waals surface area (Å²) in [5, 5.41) is 13.9. The zero-order valence-corrected chi connectivity index (χ0v) is 8.33. The Morgan fingerprint density at radius 3 is 2.62 bits per heavy atom. The number of likely N-dealkylation sites (N-methyl/N-ethyl adjacent to an activating group) is 1. The Morgan fingerprint density at radius 2 is 2.23 bits per heavy atom. The van der Waals surface area contributed by atoms with Crippen LogP contribution in [0.5, 0.6) is 0 Å². The van der Waals surface area contributed by atoms with Crippen LogP contribution in [0.25, 0.3) is 0 Å². The van der Waals surface area contributed by atoms with E-state index < -0.39 is 0 Å². The van der Waals surface area contributed by atoms with Crippen molar-refractivity contribution in [2.24, 2.45) is 0 Å². The van der Waals surface area contributed by atoms with E-state index in [4.69, 9.17) is 9.84 Å². The molecule has 0 aliphatic rings. The first-order valence-corrected chi connectivity index (χ1v) is 4.26. The van der Waals surface area contributed by atoms with Gasteiger partial charge in [-0.25, -0.2) is 0 Å². The van der Waals surface area contributed by atoms with Crippen LogP contribution >= 0.6 is 0 Å². The molecular formula is C8H18N2O3.